The number of para-hydroxylation sites is 1. The molecule has 2 aromatic carbocycles. The van der Waals surface area contributed by atoms with Gasteiger partial charge in [-0.3, -0.25) is 4.90 Å². The van der Waals surface area contributed by atoms with Crippen molar-refractivity contribution in [1.82, 2.24) is 9.88 Å². The fourth-order valence-electron chi connectivity index (χ4n) is 9.98. The molecule has 0 radical (unpaired) electrons. The highest BCUT2D eigenvalue weighted by Gasteiger charge is 2.80. The Morgan fingerprint density at radius 1 is 1.13 bits per heavy atom. The van der Waals surface area contributed by atoms with Crippen LogP contribution in [-0.4, -0.2) is 60.7 Å². The lowest BCUT2D eigenvalue weighted by Gasteiger charge is -2.74. The van der Waals surface area contributed by atoms with E-state index in [9.17, 15) is 0 Å². The monoisotopic (exact) mass is 560 g/mol. The number of fused-ring (bicyclic) bond motifs is 3. The number of thiazole rings is 1. The number of piperidine rings is 1. The van der Waals surface area contributed by atoms with Crippen LogP contribution in [0.1, 0.15) is 49.7 Å². The molecule has 3 aromatic rings. The van der Waals surface area contributed by atoms with Gasteiger partial charge < -0.3 is 14.2 Å². The van der Waals surface area contributed by atoms with Crippen LogP contribution >= 0.6 is 23.1 Å². The molecule has 6 atom stereocenters. The maximum atomic E-state index is 7.19. The van der Waals surface area contributed by atoms with Crippen molar-refractivity contribution in [2.45, 2.75) is 72.4 Å². The van der Waals surface area contributed by atoms with E-state index in [2.05, 4.69) is 41.3 Å². The standard InChI is InChI=1S/C32H36N2O3S2/c1-35-23-10-9-20-15-25-30-11-12-32(36-2,21(16-30)18-38-29-33-22-5-3-4-6-24(22)39-29)28-31(30,26(20)27(23)37-28)13-14-34(25)17-19-7-8-19/h3-6,9-10,19,21,25,28H,7-8,11-18H2,1-2H3/t21-,25-,28-,30?,31?,32?/m1/s1. The van der Waals surface area contributed by atoms with Gasteiger partial charge in [0.05, 0.1) is 17.3 Å². The molecule has 1 aromatic heterocycles. The van der Waals surface area contributed by atoms with Gasteiger partial charge in [0.2, 0.25) is 0 Å². The first-order valence-corrected chi connectivity index (χ1v) is 16.6. The van der Waals surface area contributed by atoms with Crippen molar-refractivity contribution in [3.8, 4) is 11.5 Å². The molecule has 39 heavy (non-hydrogen) atoms. The van der Waals surface area contributed by atoms with Crippen LogP contribution in [0.5, 0.6) is 11.5 Å². The van der Waals surface area contributed by atoms with Gasteiger partial charge in [-0.2, -0.15) is 0 Å². The van der Waals surface area contributed by atoms with Crippen LogP contribution in [0.2, 0.25) is 0 Å². The second-order valence-corrected chi connectivity index (χ2v) is 15.3. The van der Waals surface area contributed by atoms with Crippen molar-refractivity contribution in [2.24, 2.45) is 17.3 Å². The SMILES string of the molecule is COc1ccc2c3c1O[C@H]1C4(OC)CCC5(C[C@@H]4CSc4nc6ccccc6s4)[C@@H](C2)N(CC2CC2)CCC315. The van der Waals surface area contributed by atoms with Gasteiger partial charge in [0.1, 0.15) is 11.7 Å². The third-order valence-corrected chi connectivity index (χ3v) is 14.0. The predicted molar refractivity (Wildman–Crippen MR) is 155 cm³/mol. The van der Waals surface area contributed by atoms with Gasteiger partial charge in [-0.05, 0) is 81.2 Å². The number of aromatic nitrogens is 1. The molecule has 7 heteroatoms. The van der Waals surface area contributed by atoms with Gasteiger partial charge in [-0.15, -0.1) is 11.3 Å². The van der Waals surface area contributed by atoms with Crippen molar-refractivity contribution in [2.75, 3.05) is 33.1 Å². The zero-order valence-electron chi connectivity index (χ0n) is 22.8. The van der Waals surface area contributed by atoms with Crippen molar-refractivity contribution in [3.05, 3.63) is 47.5 Å². The molecule has 4 saturated carbocycles. The first kappa shape index (κ1) is 23.9. The van der Waals surface area contributed by atoms with E-state index < -0.39 is 0 Å². The summed E-state index contributed by atoms with van der Waals surface area (Å²) in [5, 5.41) is 0. The largest absolute Gasteiger partial charge is 0.493 e. The average Bonchev–Trinajstić information content (AvgIpc) is 3.56. The first-order valence-electron chi connectivity index (χ1n) is 14.8. The minimum absolute atomic E-state index is 0.0282. The number of rotatable bonds is 7. The molecule has 10 rings (SSSR count). The summed E-state index contributed by atoms with van der Waals surface area (Å²) in [6.45, 7) is 2.47. The van der Waals surface area contributed by atoms with Gasteiger partial charge in [0, 0.05) is 47.8 Å². The molecule has 7 aliphatic rings. The number of ether oxygens (including phenoxy) is 3. The van der Waals surface area contributed by atoms with Crippen LogP contribution in [0.4, 0.5) is 0 Å². The Kier molecular flexibility index (Phi) is 4.98. The highest BCUT2D eigenvalue weighted by molar-refractivity contribution is 8.01. The number of nitrogens with zero attached hydrogens (tertiary/aromatic N) is 2. The van der Waals surface area contributed by atoms with Gasteiger partial charge in [-0.25, -0.2) is 4.98 Å². The second-order valence-electron chi connectivity index (χ2n) is 13.0. The van der Waals surface area contributed by atoms with E-state index in [0.29, 0.717) is 12.0 Å². The number of hydrogen-bond acceptors (Lipinski definition) is 7. The lowest BCUT2D eigenvalue weighted by Crippen LogP contribution is -2.81. The topological polar surface area (TPSA) is 43.8 Å². The molecule has 5 aliphatic carbocycles. The maximum absolute atomic E-state index is 7.19. The van der Waals surface area contributed by atoms with Crippen LogP contribution in [0.3, 0.4) is 0 Å². The van der Waals surface area contributed by atoms with E-state index in [1.165, 1.54) is 65.4 Å². The molecule has 204 valence electrons. The van der Waals surface area contributed by atoms with Crippen LogP contribution < -0.4 is 9.47 Å². The van der Waals surface area contributed by atoms with Gasteiger partial charge >= 0.3 is 0 Å². The number of methoxy groups -OCH3 is 2. The third-order valence-electron chi connectivity index (χ3n) is 11.7. The third kappa shape index (κ3) is 2.93. The fourth-order valence-corrected chi connectivity index (χ4v) is 12.3. The average molecular weight is 561 g/mol. The molecule has 2 spiro atoms. The minimum Gasteiger partial charge on any atom is -0.493 e. The highest BCUT2D eigenvalue weighted by atomic mass is 32.2. The lowest BCUT2D eigenvalue weighted by atomic mass is 9.35. The van der Waals surface area contributed by atoms with Crippen LogP contribution in [0.25, 0.3) is 10.2 Å². The van der Waals surface area contributed by atoms with E-state index in [1.54, 1.807) is 7.11 Å². The summed E-state index contributed by atoms with van der Waals surface area (Å²) in [7, 11) is 3.75. The Labute approximate surface area is 238 Å². The summed E-state index contributed by atoms with van der Waals surface area (Å²) in [4.78, 5) is 7.89. The first-order chi connectivity index (χ1) is 19.1. The quantitative estimate of drug-likeness (QED) is 0.315. The van der Waals surface area contributed by atoms with Gasteiger partial charge in [-0.1, -0.05) is 30.0 Å². The summed E-state index contributed by atoms with van der Waals surface area (Å²) in [5.74, 6) is 4.30. The Hall–Kier alpha value is -1.80. The molecule has 3 unspecified atom stereocenters. The summed E-state index contributed by atoms with van der Waals surface area (Å²) in [6.07, 6.45) is 8.75. The molecule has 5 nitrogen and oxygen atoms in total. The van der Waals surface area contributed by atoms with Gasteiger partial charge in [0.15, 0.2) is 15.8 Å². The molecular formula is C32H36N2O3S2. The van der Waals surface area contributed by atoms with Crippen molar-refractivity contribution < 1.29 is 14.2 Å². The molecular weight excluding hydrogens is 524 g/mol. The number of thioether (sulfide) groups is 1. The predicted octanol–water partition coefficient (Wildman–Crippen LogP) is 6.32. The molecule has 0 N–H and O–H groups in total. The van der Waals surface area contributed by atoms with Gasteiger partial charge in [0.25, 0.3) is 0 Å². The van der Waals surface area contributed by atoms with E-state index in [1.807, 2.05) is 30.2 Å². The van der Waals surface area contributed by atoms with E-state index in [4.69, 9.17) is 19.2 Å². The zero-order valence-corrected chi connectivity index (χ0v) is 24.4. The van der Waals surface area contributed by atoms with Crippen molar-refractivity contribution in [3.63, 3.8) is 0 Å². The van der Waals surface area contributed by atoms with E-state index in [-0.39, 0.29) is 22.5 Å². The van der Waals surface area contributed by atoms with Crippen molar-refractivity contribution >= 4 is 33.3 Å². The van der Waals surface area contributed by atoms with Crippen LogP contribution in [-0.2, 0) is 16.6 Å². The van der Waals surface area contributed by atoms with Crippen molar-refractivity contribution in [1.29, 1.82) is 0 Å². The summed E-state index contributed by atoms with van der Waals surface area (Å²) < 4.78 is 22.3. The smallest absolute Gasteiger partial charge is 0.165 e. The Morgan fingerprint density at radius 2 is 2.03 bits per heavy atom. The van der Waals surface area contributed by atoms with Crippen LogP contribution in [0.15, 0.2) is 40.7 Å². The molecule has 3 heterocycles. The minimum atomic E-state index is -0.284. The Morgan fingerprint density at radius 3 is 2.85 bits per heavy atom. The fraction of sp³-hybridized carbons (Fsp3) is 0.594. The van der Waals surface area contributed by atoms with Crippen LogP contribution in [0, 0.1) is 17.3 Å². The number of likely N-dealkylation sites (tertiary alicyclic amines) is 1. The molecule has 5 fully saturated rings. The second kappa shape index (κ2) is 8.15. The summed E-state index contributed by atoms with van der Waals surface area (Å²) in [5.41, 5.74) is 4.08. The Bertz CT molecular complexity index is 1450. The normalized spacial score (nSPS) is 37.6. The number of hydrogen-bond donors (Lipinski definition) is 0. The highest BCUT2D eigenvalue weighted by Crippen LogP contribution is 2.77. The summed E-state index contributed by atoms with van der Waals surface area (Å²) >= 11 is 3.76. The molecule has 0 amide bonds. The number of benzene rings is 2. The summed E-state index contributed by atoms with van der Waals surface area (Å²) in [6, 6.07) is 13.6. The van der Waals surface area contributed by atoms with E-state index in [0.717, 1.165) is 41.5 Å². The zero-order chi connectivity index (χ0) is 26.0. The molecule has 1 saturated heterocycles. The molecule has 2 aliphatic heterocycles. The maximum Gasteiger partial charge on any atom is 0.165 e. The molecule has 4 bridgehead atoms. The van der Waals surface area contributed by atoms with E-state index >= 15 is 0 Å². The Balaban J connectivity index is 1.16. The lowest BCUT2D eigenvalue weighted by molar-refractivity contribution is -0.273.